The smallest absolute Gasteiger partial charge is 0.857 e. The van der Waals surface area contributed by atoms with Gasteiger partial charge in [0.25, 0.3) is 5.91 Å². The SMILES string of the molecule is COC(=O)/C=C\SC1=C(C(=O)[O-])N2C(=O)[C@@H](N=C([O-])/C(=N/OC[P+]([O-])([O-])O)c3csc(N)n3)[C@H]2SC1.[Na+].[Na+].[Na+]. The van der Waals surface area contributed by atoms with Gasteiger partial charge in [0.1, 0.15) is 16.8 Å². The van der Waals surface area contributed by atoms with E-state index in [9.17, 15) is 34.4 Å². The van der Waals surface area contributed by atoms with E-state index in [0.717, 1.165) is 45.8 Å². The zero-order valence-electron chi connectivity index (χ0n) is 21.0. The Kier molecular flexibility index (Phi) is 17.5. The number of oxime groups is 1. The van der Waals surface area contributed by atoms with Gasteiger partial charge in [-0.3, -0.25) is 19.6 Å². The summed E-state index contributed by atoms with van der Waals surface area (Å²) < 4.78 is 4.46. The van der Waals surface area contributed by atoms with Crippen LogP contribution in [0.4, 0.5) is 5.13 Å². The van der Waals surface area contributed by atoms with Gasteiger partial charge in [-0.05, 0) is 5.41 Å². The van der Waals surface area contributed by atoms with E-state index in [1.165, 1.54) is 17.9 Å². The largest absolute Gasteiger partial charge is 1.00 e. The average molecular weight is 645 g/mol. The molecular formula is C17H15N5Na3O10PS3. The number of amides is 1. The zero-order chi connectivity index (χ0) is 26.6. The number of methoxy groups -OCH3 is 1. The monoisotopic (exact) mass is 645 g/mol. The molecule has 3 heterocycles. The number of nitrogen functional groups attached to an aromatic ring is 1. The number of carbonyl (C=O) groups excluding carboxylic acids is 3. The molecule has 0 spiro atoms. The quantitative estimate of drug-likeness (QED) is 0.0351. The minimum atomic E-state index is -4.85. The second-order valence-electron chi connectivity index (χ2n) is 6.70. The van der Waals surface area contributed by atoms with E-state index in [1.54, 1.807) is 0 Å². The number of carbonyl (C=O) groups is 3. The Morgan fingerprint density at radius 1 is 1.36 bits per heavy atom. The van der Waals surface area contributed by atoms with Crippen LogP contribution < -0.4 is 114 Å². The molecule has 1 fully saturated rings. The molecule has 2 atom stereocenters. The molecule has 39 heavy (non-hydrogen) atoms. The van der Waals surface area contributed by atoms with Crippen LogP contribution in [0.15, 0.2) is 37.6 Å². The number of thioether (sulfide) groups is 2. The molecule has 1 amide bonds. The number of hydrogen-bond acceptors (Lipinski definition) is 17. The van der Waals surface area contributed by atoms with Gasteiger partial charge in [0.05, 0.1) is 26.7 Å². The maximum absolute atomic E-state index is 12.8. The molecule has 1 aromatic rings. The number of carboxylic acid groups (broad SMARTS) is 1. The van der Waals surface area contributed by atoms with Gasteiger partial charge in [-0.15, -0.1) is 23.1 Å². The van der Waals surface area contributed by atoms with E-state index in [-0.39, 0.29) is 110 Å². The van der Waals surface area contributed by atoms with Crippen molar-refractivity contribution in [2.75, 3.05) is 24.9 Å². The summed E-state index contributed by atoms with van der Waals surface area (Å²) in [5.41, 5.74) is 4.44. The predicted molar refractivity (Wildman–Crippen MR) is 123 cm³/mol. The van der Waals surface area contributed by atoms with Crippen LogP contribution in [0.2, 0.25) is 0 Å². The van der Waals surface area contributed by atoms with Crippen LogP contribution in [0.3, 0.4) is 0 Å². The molecule has 0 radical (unpaired) electrons. The predicted octanol–water partition coefficient (Wildman–Crippen LogP) is -12.7. The van der Waals surface area contributed by atoms with Crippen molar-refractivity contribution in [1.82, 2.24) is 9.88 Å². The number of nitrogens with zero attached hydrogens (tertiary/aromatic N) is 4. The van der Waals surface area contributed by atoms with Gasteiger partial charge in [0.15, 0.2) is 11.2 Å². The second-order valence-corrected chi connectivity index (χ2v) is 11.2. The van der Waals surface area contributed by atoms with Crippen molar-refractivity contribution in [2.45, 2.75) is 11.4 Å². The number of fused-ring (bicyclic) bond motifs is 1. The number of thiazole rings is 1. The van der Waals surface area contributed by atoms with Crippen molar-refractivity contribution in [2.24, 2.45) is 10.1 Å². The molecule has 2 aliphatic heterocycles. The third kappa shape index (κ3) is 10.5. The normalized spacial score (nSPS) is 19.3. The fourth-order valence-electron chi connectivity index (χ4n) is 2.82. The van der Waals surface area contributed by atoms with Crippen LogP contribution in [0.25, 0.3) is 0 Å². The van der Waals surface area contributed by atoms with Gasteiger partial charge in [-0.2, -0.15) is 0 Å². The Labute approximate surface area is 300 Å². The number of rotatable bonds is 10. The Hall–Kier alpha value is 0.270. The summed E-state index contributed by atoms with van der Waals surface area (Å²) in [6, 6.07) is -1.29. The molecule has 2 aliphatic rings. The van der Waals surface area contributed by atoms with Crippen molar-refractivity contribution in [1.29, 1.82) is 0 Å². The molecule has 3 N–H and O–H groups in total. The number of carboxylic acids is 1. The Morgan fingerprint density at radius 2 is 2.03 bits per heavy atom. The molecule has 3 rings (SSSR count). The van der Waals surface area contributed by atoms with Crippen molar-refractivity contribution < 1.29 is 138 Å². The molecule has 0 saturated carbocycles. The Morgan fingerprint density at radius 3 is 2.56 bits per heavy atom. The fourth-order valence-corrected chi connectivity index (χ4v) is 5.86. The average Bonchev–Trinajstić information content (AvgIpc) is 3.24. The number of aromatic nitrogens is 1. The van der Waals surface area contributed by atoms with Crippen molar-refractivity contribution in [3.05, 3.63) is 33.2 Å². The maximum atomic E-state index is 12.8. The molecule has 0 aliphatic carbocycles. The van der Waals surface area contributed by atoms with Gasteiger partial charge >= 0.3 is 94.6 Å². The summed E-state index contributed by atoms with van der Waals surface area (Å²) in [6.07, 6.45) is -0.157. The maximum Gasteiger partial charge on any atom is 1.00 e. The van der Waals surface area contributed by atoms with E-state index < -0.39 is 60.9 Å². The number of aliphatic carboxylic acids is 1. The van der Waals surface area contributed by atoms with Gasteiger partial charge in [0, 0.05) is 28.0 Å². The first-order valence-electron chi connectivity index (χ1n) is 9.42. The molecule has 15 nitrogen and oxygen atoms in total. The summed E-state index contributed by atoms with van der Waals surface area (Å²) in [6.45, 7) is 0. The summed E-state index contributed by atoms with van der Waals surface area (Å²) in [5, 5.41) is 29.7. The van der Waals surface area contributed by atoms with Crippen LogP contribution >= 0.6 is 42.8 Å². The second kappa shape index (κ2) is 17.4. The summed E-state index contributed by atoms with van der Waals surface area (Å²) >= 11 is 2.94. The van der Waals surface area contributed by atoms with Crippen molar-refractivity contribution >= 4 is 77.4 Å². The molecule has 0 aromatic carbocycles. The van der Waals surface area contributed by atoms with E-state index in [0.29, 0.717) is 0 Å². The van der Waals surface area contributed by atoms with Gasteiger partial charge in [-0.25, -0.2) is 9.78 Å². The van der Waals surface area contributed by atoms with E-state index in [1.807, 2.05) is 0 Å². The first-order chi connectivity index (χ1) is 16.9. The van der Waals surface area contributed by atoms with Gasteiger partial charge in [0.2, 0.25) is 6.35 Å². The molecule has 1 saturated heterocycles. The Balaban J connectivity index is 0.00000481. The molecule has 22 heteroatoms. The molecule has 1 aromatic heterocycles. The zero-order valence-corrected chi connectivity index (χ0v) is 30.3. The van der Waals surface area contributed by atoms with Crippen LogP contribution in [0.1, 0.15) is 5.69 Å². The molecular weight excluding hydrogens is 630 g/mol. The number of esters is 1. The van der Waals surface area contributed by atoms with Gasteiger partial charge < -0.3 is 40.1 Å². The number of nitrogens with two attached hydrogens (primary N) is 1. The van der Waals surface area contributed by atoms with Crippen LogP contribution in [-0.4, -0.2) is 74.9 Å². The minimum Gasteiger partial charge on any atom is -0.857 e. The topological polar surface area (TPSA) is 249 Å². The third-order valence-electron chi connectivity index (χ3n) is 4.31. The van der Waals surface area contributed by atoms with Crippen LogP contribution in [-0.2, 0) is 24.0 Å². The van der Waals surface area contributed by atoms with Crippen LogP contribution in [0, 0.1) is 0 Å². The number of aliphatic imine (C=N–C) groups is 1. The standard InChI is InChI=1S/C17H18N5O10PS3.3Na/c1-31-9(23)2-3-34-8-5-35-15-11(14(25)22(15)12(8)16(26)27)20-13(24)10(7-4-36-17(18)19-7)21-32-6-33(28,29)30;;;/h2-4,11,15H,5-6H2,1H3,(H2,18,19)(H,20,24)(H,26,27)(H2,28,29,30);;;/q;3*+1/p-3/b3-2-,21-10+;;;/t11-,15-;;;/m1.../s1. The van der Waals surface area contributed by atoms with Crippen molar-refractivity contribution in [3.8, 4) is 0 Å². The summed E-state index contributed by atoms with van der Waals surface area (Å²) in [5.74, 6) is -4.11. The molecule has 0 unspecified atom stereocenters. The Bertz CT molecular complexity index is 1190. The number of ether oxygens (including phenoxy) is 1. The van der Waals surface area contributed by atoms with Crippen molar-refractivity contribution in [3.63, 3.8) is 0 Å². The summed E-state index contributed by atoms with van der Waals surface area (Å²) in [7, 11) is -3.68. The summed E-state index contributed by atoms with van der Waals surface area (Å²) in [4.78, 5) is 79.6. The van der Waals surface area contributed by atoms with Gasteiger partial charge in [-0.1, -0.05) is 16.9 Å². The first-order valence-corrected chi connectivity index (χ1v) is 14.0. The van der Waals surface area contributed by atoms with E-state index in [4.69, 9.17) is 10.6 Å². The van der Waals surface area contributed by atoms with E-state index >= 15 is 0 Å². The third-order valence-corrected chi connectivity index (χ3v) is 7.77. The van der Waals surface area contributed by atoms with Crippen LogP contribution in [0.5, 0.6) is 0 Å². The van der Waals surface area contributed by atoms with E-state index in [2.05, 4.69) is 24.7 Å². The number of anilines is 1. The minimum absolute atomic E-state index is 0. The number of β-lactam (4-membered cyclic amide) rings is 1. The first kappa shape index (κ1) is 39.3. The number of hydrogen-bond donors (Lipinski definition) is 2. The molecule has 194 valence electrons. The fraction of sp³-hybridized carbons (Fsp3) is 0.294. The molecule has 0 bridgehead atoms.